The van der Waals surface area contributed by atoms with Gasteiger partial charge < -0.3 is 10.5 Å². The Bertz CT molecular complexity index is 656. The molecule has 0 spiro atoms. The molecule has 3 nitrogen and oxygen atoms in total. The second kappa shape index (κ2) is 8.27. The summed E-state index contributed by atoms with van der Waals surface area (Å²) >= 11 is 0. The molecule has 1 fully saturated rings. The average molecular weight is 328 g/mol. The first-order valence-electron chi connectivity index (χ1n) is 8.68. The highest BCUT2D eigenvalue weighted by molar-refractivity contribution is 5.31. The van der Waals surface area contributed by atoms with Crippen molar-refractivity contribution in [2.24, 2.45) is 5.73 Å². The molecule has 1 saturated heterocycles. The molecule has 0 aliphatic carbocycles. The monoisotopic (exact) mass is 328 g/mol. The number of piperidine rings is 1. The lowest BCUT2D eigenvalue weighted by Crippen LogP contribution is -2.37. The van der Waals surface area contributed by atoms with Crippen molar-refractivity contribution in [2.45, 2.75) is 31.9 Å². The highest BCUT2D eigenvalue weighted by Crippen LogP contribution is 2.26. The smallest absolute Gasteiger partial charge is 0.129 e. The molecule has 2 aromatic carbocycles. The van der Waals surface area contributed by atoms with E-state index in [-0.39, 0.29) is 18.5 Å². The number of benzene rings is 2. The largest absolute Gasteiger partial charge is 0.489 e. The molecule has 128 valence electrons. The Labute approximate surface area is 143 Å². The quantitative estimate of drug-likeness (QED) is 0.874. The van der Waals surface area contributed by atoms with Crippen molar-refractivity contribution >= 4 is 0 Å². The molecule has 0 aromatic heterocycles. The van der Waals surface area contributed by atoms with Gasteiger partial charge in [-0.1, -0.05) is 36.8 Å². The minimum atomic E-state index is -0.234. The lowest BCUT2D eigenvalue weighted by molar-refractivity contribution is 0.167. The molecule has 24 heavy (non-hydrogen) atoms. The van der Waals surface area contributed by atoms with Crippen LogP contribution in [0.3, 0.4) is 0 Å². The van der Waals surface area contributed by atoms with Crippen molar-refractivity contribution in [2.75, 3.05) is 19.6 Å². The maximum absolute atomic E-state index is 13.7. The molecule has 0 bridgehead atoms. The Morgan fingerprint density at radius 2 is 1.83 bits per heavy atom. The third-order valence-electron chi connectivity index (χ3n) is 4.65. The van der Waals surface area contributed by atoms with Gasteiger partial charge in [-0.05, 0) is 49.7 Å². The molecule has 1 atom stereocenters. The van der Waals surface area contributed by atoms with Crippen molar-refractivity contribution in [3.63, 3.8) is 0 Å². The highest BCUT2D eigenvalue weighted by atomic mass is 19.1. The van der Waals surface area contributed by atoms with Gasteiger partial charge in [0.25, 0.3) is 0 Å². The Kier molecular flexibility index (Phi) is 5.83. The first-order chi connectivity index (χ1) is 11.8. The molecule has 0 saturated carbocycles. The summed E-state index contributed by atoms with van der Waals surface area (Å²) in [5.41, 5.74) is 7.77. The van der Waals surface area contributed by atoms with Crippen LogP contribution < -0.4 is 10.5 Å². The fourth-order valence-corrected chi connectivity index (χ4v) is 3.31. The van der Waals surface area contributed by atoms with Crippen LogP contribution in [0.25, 0.3) is 0 Å². The van der Waals surface area contributed by atoms with Crippen LogP contribution >= 0.6 is 0 Å². The number of rotatable bonds is 6. The standard InChI is InChI=1S/C20H25FN2O/c21-19-10-3-2-7-17(19)15-24-18-9-6-8-16(13-18)20(14-22)23-11-4-1-5-12-23/h2-3,6-10,13,20H,1,4-5,11-12,14-15,22H2. The van der Waals surface area contributed by atoms with E-state index in [0.717, 1.165) is 18.8 Å². The Morgan fingerprint density at radius 3 is 2.58 bits per heavy atom. The van der Waals surface area contributed by atoms with E-state index in [1.165, 1.54) is 30.9 Å². The van der Waals surface area contributed by atoms with Crippen molar-refractivity contribution in [3.05, 3.63) is 65.5 Å². The molecule has 1 aliphatic rings. The summed E-state index contributed by atoms with van der Waals surface area (Å²) in [4.78, 5) is 2.46. The molecule has 1 aliphatic heterocycles. The Balaban J connectivity index is 1.69. The van der Waals surface area contributed by atoms with E-state index in [0.29, 0.717) is 12.1 Å². The molecule has 2 N–H and O–H groups in total. The summed E-state index contributed by atoms with van der Waals surface area (Å²) < 4.78 is 19.5. The summed E-state index contributed by atoms with van der Waals surface area (Å²) in [7, 11) is 0. The van der Waals surface area contributed by atoms with Gasteiger partial charge in [0.2, 0.25) is 0 Å². The highest BCUT2D eigenvalue weighted by Gasteiger charge is 2.21. The van der Waals surface area contributed by atoms with E-state index >= 15 is 0 Å². The van der Waals surface area contributed by atoms with Crippen LogP contribution in [0.1, 0.15) is 36.4 Å². The van der Waals surface area contributed by atoms with Gasteiger partial charge in [0.15, 0.2) is 0 Å². The number of hydrogen-bond donors (Lipinski definition) is 1. The summed E-state index contributed by atoms with van der Waals surface area (Å²) in [6.45, 7) is 3.02. The third-order valence-corrected chi connectivity index (χ3v) is 4.65. The molecule has 1 unspecified atom stereocenters. The van der Waals surface area contributed by atoms with E-state index in [4.69, 9.17) is 10.5 Å². The van der Waals surface area contributed by atoms with Crippen LogP contribution in [0.2, 0.25) is 0 Å². The van der Waals surface area contributed by atoms with Gasteiger partial charge in [0, 0.05) is 18.2 Å². The van der Waals surface area contributed by atoms with Gasteiger partial charge in [0.1, 0.15) is 18.2 Å². The second-order valence-electron chi connectivity index (χ2n) is 6.30. The summed E-state index contributed by atoms with van der Waals surface area (Å²) in [5, 5.41) is 0. The minimum absolute atomic E-state index is 0.224. The molecule has 1 heterocycles. The van der Waals surface area contributed by atoms with Crippen molar-refractivity contribution in [1.29, 1.82) is 0 Å². The zero-order valence-electron chi connectivity index (χ0n) is 14.0. The van der Waals surface area contributed by atoms with E-state index in [9.17, 15) is 4.39 Å². The lowest BCUT2D eigenvalue weighted by atomic mass is 10.0. The number of halogens is 1. The van der Waals surface area contributed by atoms with E-state index in [1.54, 1.807) is 12.1 Å². The van der Waals surface area contributed by atoms with Gasteiger partial charge in [-0.15, -0.1) is 0 Å². The van der Waals surface area contributed by atoms with Crippen LogP contribution in [0.15, 0.2) is 48.5 Å². The van der Waals surface area contributed by atoms with Gasteiger partial charge in [-0.2, -0.15) is 0 Å². The summed E-state index contributed by atoms with van der Waals surface area (Å²) in [6, 6.07) is 15.0. The number of nitrogens with two attached hydrogens (primary N) is 1. The molecule has 0 amide bonds. The van der Waals surface area contributed by atoms with E-state index < -0.39 is 0 Å². The summed E-state index contributed by atoms with van der Waals surface area (Å²) in [6.07, 6.45) is 3.78. The Hall–Kier alpha value is -1.91. The van der Waals surface area contributed by atoms with Gasteiger partial charge in [-0.3, -0.25) is 4.90 Å². The van der Waals surface area contributed by atoms with Crippen LogP contribution in [0.4, 0.5) is 4.39 Å². The Morgan fingerprint density at radius 1 is 1.04 bits per heavy atom. The molecular formula is C20H25FN2O. The maximum atomic E-state index is 13.7. The topological polar surface area (TPSA) is 38.5 Å². The maximum Gasteiger partial charge on any atom is 0.129 e. The predicted octanol–water partition coefficient (Wildman–Crippen LogP) is 3.89. The number of ether oxygens (including phenoxy) is 1. The lowest BCUT2D eigenvalue weighted by Gasteiger charge is -2.34. The zero-order chi connectivity index (χ0) is 16.8. The first-order valence-corrected chi connectivity index (χ1v) is 8.68. The van der Waals surface area contributed by atoms with Crippen molar-refractivity contribution in [3.8, 4) is 5.75 Å². The van der Waals surface area contributed by atoms with Crippen LogP contribution in [-0.2, 0) is 6.61 Å². The number of hydrogen-bond acceptors (Lipinski definition) is 3. The SMILES string of the molecule is NCC(c1cccc(OCc2ccccc2F)c1)N1CCCCC1. The fourth-order valence-electron chi connectivity index (χ4n) is 3.31. The molecule has 3 rings (SSSR count). The molecule has 4 heteroatoms. The minimum Gasteiger partial charge on any atom is -0.489 e. The van der Waals surface area contributed by atoms with Crippen molar-refractivity contribution in [1.82, 2.24) is 4.90 Å². The van der Waals surface area contributed by atoms with Gasteiger partial charge >= 0.3 is 0 Å². The van der Waals surface area contributed by atoms with Crippen LogP contribution in [0, 0.1) is 5.82 Å². The molecular weight excluding hydrogens is 303 g/mol. The predicted molar refractivity (Wildman–Crippen MR) is 94.4 cm³/mol. The first kappa shape index (κ1) is 16.9. The fraction of sp³-hybridized carbons (Fsp3) is 0.400. The number of nitrogens with zero attached hydrogens (tertiary/aromatic N) is 1. The van der Waals surface area contributed by atoms with Crippen LogP contribution in [0.5, 0.6) is 5.75 Å². The van der Waals surface area contributed by atoms with Crippen LogP contribution in [-0.4, -0.2) is 24.5 Å². The van der Waals surface area contributed by atoms with E-state index in [1.807, 2.05) is 24.3 Å². The average Bonchev–Trinajstić information content (AvgIpc) is 2.63. The molecule has 0 radical (unpaired) electrons. The molecule has 2 aromatic rings. The van der Waals surface area contributed by atoms with E-state index in [2.05, 4.69) is 11.0 Å². The second-order valence-corrected chi connectivity index (χ2v) is 6.30. The normalized spacial score (nSPS) is 16.8. The van der Waals surface area contributed by atoms with Gasteiger partial charge in [0.05, 0.1) is 0 Å². The number of likely N-dealkylation sites (tertiary alicyclic amines) is 1. The summed E-state index contributed by atoms with van der Waals surface area (Å²) in [5.74, 6) is 0.521. The van der Waals surface area contributed by atoms with Gasteiger partial charge in [-0.25, -0.2) is 4.39 Å². The van der Waals surface area contributed by atoms with Crippen molar-refractivity contribution < 1.29 is 9.13 Å². The zero-order valence-corrected chi connectivity index (χ0v) is 14.0. The third kappa shape index (κ3) is 4.13.